The summed E-state index contributed by atoms with van der Waals surface area (Å²) in [7, 11) is 0. The summed E-state index contributed by atoms with van der Waals surface area (Å²) in [6, 6.07) is 11.3. The lowest BCUT2D eigenvalue weighted by Gasteiger charge is -2.04. The molecule has 0 aliphatic rings. The van der Waals surface area contributed by atoms with Crippen molar-refractivity contribution < 1.29 is 9.90 Å². The van der Waals surface area contributed by atoms with Gasteiger partial charge in [0.1, 0.15) is 5.56 Å². The Hall–Kier alpha value is -2.69. The SMILES string of the molecule is Cc1cc(C)n2nc(-c3ccccc3)nc2c1C(=O)O. The molecule has 0 fully saturated rings. The lowest BCUT2D eigenvalue weighted by atomic mass is 10.1. The van der Waals surface area contributed by atoms with E-state index in [1.807, 2.05) is 37.3 Å². The Morgan fingerprint density at radius 2 is 1.90 bits per heavy atom. The highest BCUT2D eigenvalue weighted by molar-refractivity contribution is 5.96. The van der Waals surface area contributed by atoms with Gasteiger partial charge in [0, 0.05) is 11.3 Å². The van der Waals surface area contributed by atoms with Crippen LogP contribution in [0.15, 0.2) is 36.4 Å². The van der Waals surface area contributed by atoms with Crippen molar-refractivity contribution in [1.29, 1.82) is 0 Å². The molecule has 5 nitrogen and oxygen atoms in total. The van der Waals surface area contributed by atoms with E-state index in [0.29, 0.717) is 17.0 Å². The molecule has 0 spiro atoms. The van der Waals surface area contributed by atoms with Gasteiger partial charge in [0.25, 0.3) is 0 Å². The summed E-state index contributed by atoms with van der Waals surface area (Å²) in [6.45, 7) is 3.66. The number of benzene rings is 1. The molecule has 3 rings (SSSR count). The van der Waals surface area contributed by atoms with Gasteiger partial charge in [-0.2, -0.15) is 0 Å². The van der Waals surface area contributed by atoms with E-state index in [0.717, 1.165) is 11.3 Å². The van der Waals surface area contributed by atoms with Crippen LogP contribution < -0.4 is 0 Å². The quantitative estimate of drug-likeness (QED) is 0.775. The number of aromatic carboxylic acids is 1. The first-order valence-corrected chi connectivity index (χ1v) is 6.23. The number of carboxylic acid groups (broad SMARTS) is 1. The zero-order valence-corrected chi connectivity index (χ0v) is 11.2. The Kier molecular flexibility index (Phi) is 2.75. The van der Waals surface area contributed by atoms with E-state index >= 15 is 0 Å². The van der Waals surface area contributed by atoms with Crippen molar-refractivity contribution >= 4 is 11.6 Å². The minimum atomic E-state index is -0.987. The lowest BCUT2D eigenvalue weighted by Crippen LogP contribution is -2.06. The van der Waals surface area contributed by atoms with Crippen molar-refractivity contribution in [3.63, 3.8) is 0 Å². The van der Waals surface area contributed by atoms with Crippen LogP contribution in [-0.4, -0.2) is 25.7 Å². The Balaban J connectivity index is 2.33. The molecule has 0 amide bonds. The molecule has 0 atom stereocenters. The molecule has 1 N–H and O–H groups in total. The van der Waals surface area contributed by atoms with Crippen LogP contribution in [0.2, 0.25) is 0 Å². The van der Waals surface area contributed by atoms with Gasteiger partial charge in [-0.25, -0.2) is 14.3 Å². The summed E-state index contributed by atoms with van der Waals surface area (Å²) in [5.41, 5.74) is 3.00. The van der Waals surface area contributed by atoms with Crippen molar-refractivity contribution in [2.24, 2.45) is 0 Å². The van der Waals surface area contributed by atoms with Gasteiger partial charge in [0.05, 0.1) is 0 Å². The van der Waals surface area contributed by atoms with Gasteiger partial charge in [0.15, 0.2) is 11.5 Å². The van der Waals surface area contributed by atoms with Crippen LogP contribution in [0.3, 0.4) is 0 Å². The highest BCUT2D eigenvalue weighted by Gasteiger charge is 2.18. The number of carboxylic acids is 1. The minimum Gasteiger partial charge on any atom is -0.478 e. The third-order valence-electron chi connectivity index (χ3n) is 3.23. The molecule has 0 aliphatic carbocycles. The molecule has 0 aliphatic heterocycles. The molecule has 0 saturated carbocycles. The maximum Gasteiger partial charge on any atom is 0.339 e. The molecule has 0 radical (unpaired) electrons. The van der Waals surface area contributed by atoms with E-state index in [1.54, 1.807) is 17.5 Å². The summed E-state index contributed by atoms with van der Waals surface area (Å²) in [5, 5.41) is 13.8. The second kappa shape index (κ2) is 4.45. The van der Waals surface area contributed by atoms with Gasteiger partial charge >= 0.3 is 5.97 Å². The average Bonchev–Trinajstić information content (AvgIpc) is 2.84. The Labute approximate surface area is 115 Å². The zero-order valence-electron chi connectivity index (χ0n) is 11.2. The van der Waals surface area contributed by atoms with E-state index < -0.39 is 5.97 Å². The minimum absolute atomic E-state index is 0.199. The predicted octanol–water partition coefficient (Wildman–Crippen LogP) is 2.71. The molecule has 0 unspecified atom stereocenters. The molecule has 1 aromatic carbocycles. The maximum atomic E-state index is 11.4. The number of aromatic nitrogens is 3. The third-order valence-corrected chi connectivity index (χ3v) is 3.23. The molecule has 3 aromatic rings. The van der Waals surface area contributed by atoms with E-state index in [4.69, 9.17) is 0 Å². The van der Waals surface area contributed by atoms with Crippen LogP contribution in [-0.2, 0) is 0 Å². The molecular weight excluding hydrogens is 254 g/mol. The van der Waals surface area contributed by atoms with E-state index in [1.165, 1.54) is 0 Å². The largest absolute Gasteiger partial charge is 0.478 e. The van der Waals surface area contributed by atoms with E-state index in [9.17, 15) is 9.90 Å². The van der Waals surface area contributed by atoms with Crippen molar-refractivity contribution in [1.82, 2.24) is 14.6 Å². The predicted molar refractivity (Wildman–Crippen MR) is 74.9 cm³/mol. The number of nitrogens with zero attached hydrogens (tertiary/aromatic N) is 3. The van der Waals surface area contributed by atoms with Crippen LogP contribution in [0.5, 0.6) is 0 Å². The molecule has 100 valence electrons. The zero-order chi connectivity index (χ0) is 14.3. The summed E-state index contributed by atoms with van der Waals surface area (Å²) >= 11 is 0. The monoisotopic (exact) mass is 267 g/mol. The van der Waals surface area contributed by atoms with E-state index in [2.05, 4.69) is 10.1 Å². The fourth-order valence-electron chi connectivity index (χ4n) is 2.32. The molecule has 2 heterocycles. The lowest BCUT2D eigenvalue weighted by molar-refractivity contribution is 0.0697. The summed E-state index contributed by atoms with van der Waals surface area (Å²) < 4.78 is 1.58. The van der Waals surface area contributed by atoms with Crippen LogP contribution in [0, 0.1) is 13.8 Å². The van der Waals surface area contributed by atoms with Crippen molar-refractivity contribution in [2.75, 3.05) is 0 Å². The van der Waals surface area contributed by atoms with Gasteiger partial charge in [-0.15, -0.1) is 5.10 Å². The molecule has 0 bridgehead atoms. The second-order valence-corrected chi connectivity index (χ2v) is 4.69. The Bertz CT molecular complexity index is 807. The van der Waals surface area contributed by atoms with Gasteiger partial charge in [-0.05, 0) is 25.5 Å². The van der Waals surface area contributed by atoms with Crippen LogP contribution >= 0.6 is 0 Å². The first kappa shape index (κ1) is 12.3. The Morgan fingerprint density at radius 3 is 2.55 bits per heavy atom. The van der Waals surface area contributed by atoms with Crippen LogP contribution in [0.1, 0.15) is 21.6 Å². The molecular formula is C15H13N3O2. The normalized spacial score (nSPS) is 10.9. The van der Waals surface area contributed by atoms with Crippen molar-refractivity contribution in [3.05, 3.63) is 53.2 Å². The third kappa shape index (κ3) is 1.84. The number of aryl methyl sites for hydroxylation is 2. The van der Waals surface area contributed by atoms with Crippen molar-refractivity contribution in [2.45, 2.75) is 13.8 Å². The molecule has 2 aromatic heterocycles. The van der Waals surface area contributed by atoms with Crippen molar-refractivity contribution in [3.8, 4) is 11.4 Å². The summed E-state index contributed by atoms with van der Waals surface area (Å²) in [4.78, 5) is 15.8. The fraction of sp³-hybridized carbons (Fsp3) is 0.133. The standard InChI is InChI=1S/C15H13N3O2/c1-9-8-10(2)18-14(12(9)15(19)20)16-13(17-18)11-6-4-3-5-7-11/h3-8H,1-2H3,(H,19,20). The first-order valence-electron chi connectivity index (χ1n) is 6.23. The molecule has 0 saturated heterocycles. The Morgan fingerprint density at radius 1 is 1.20 bits per heavy atom. The number of fused-ring (bicyclic) bond motifs is 1. The topological polar surface area (TPSA) is 67.5 Å². The number of hydrogen-bond donors (Lipinski definition) is 1. The van der Waals surface area contributed by atoms with E-state index in [-0.39, 0.29) is 5.56 Å². The highest BCUT2D eigenvalue weighted by Crippen LogP contribution is 2.21. The van der Waals surface area contributed by atoms with Crippen LogP contribution in [0.25, 0.3) is 17.0 Å². The van der Waals surface area contributed by atoms with Gasteiger partial charge in [-0.1, -0.05) is 30.3 Å². The number of hydrogen-bond acceptors (Lipinski definition) is 3. The van der Waals surface area contributed by atoms with Gasteiger partial charge in [-0.3, -0.25) is 0 Å². The highest BCUT2D eigenvalue weighted by atomic mass is 16.4. The second-order valence-electron chi connectivity index (χ2n) is 4.69. The first-order chi connectivity index (χ1) is 9.58. The summed E-state index contributed by atoms with van der Waals surface area (Å²) in [6.07, 6.45) is 0. The maximum absolute atomic E-state index is 11.4. The number of carbonyl (C=O) groups is 1. The summed E-state index contributed by atoms with van der Waals surface area (Å²) in [5.74, 6) is -0.457. The average molecular weight is 267 g/mol. The van der Waals surface area contributed by atoms with Gasteiger partial charge in [0.2, 0.25) is 0 Å². The molecule has 20 heavy (non-hydrogen) atoms. The van der Waals surface area contributed by atoms with Gasteiger partial charge < -0.3 is 5.11 Å². The number of rotatable bonds is 2. The number of pyridine rings is 1. The fourth-order valence-corrected chi connectivity index (χ4v) is 2.32. The molecule has 5 heteroatoms. The smallest absolute Gasteiger partial charge is 0.339 e. The van der Waals surface area contributed by atoms with Crippen LogP contribution in [0.4, 0.5) is 0 Å².